The van der Waals surface area contributed by atoms with Crippen molar-refractivity contribution in [2.45, 2.75) is 25.7 Å². The zero-order valence-electron chi connectivity index (χ0n) is 15.7. The van der Waals surface area contributed by atoms with Gasteiger partial charge in [-0.15, -0.1) is 0 Å². The van der Waals surface area contributed by atoms with E-state index in [9.17, 15) is 17.6 Å². The number of hydrogen-bond donors (Lipinski definition) is 0. The number of benzene rings is 2. The molecule has 1 aliphatic rings. The van der Waals surface area contributed by atoms with Gasteiger partial charge in [0.25, 0.3) is 0 Å². The summed E-state index contributed by atoms with van der Waals surface area (Å²) in [6.07, 6.45) is 0. The highest BCUT2D eigenvalue weighted by molar-refractivity contribution is 7.89. The van der Waals surface area contributed by atoms with Crippen LogP contribution in [-0.2, 0) is 10.0 Å². The topological polar surface area (TPSA) is 57.7 Å². The maximum absolute atomic E-state index is 14.5. The van der Waals surface area contributed by atoms with Crippen LogP contribution in [0, 0.1) is 19.7 Å². The molecule has 0 unspecified atom stereocenters. The number of ketones is 1. The summed E-state index contributed by atoms with van der Waals surface area (Å²) in [5, 5.41) is 0. The van der Waals surface area contributed by atoms with Crippen molar-refractivity contribution in [3.63, 3.8) is 0 Å². The van der Waals surface area contributed by atoms with Crippen molar-refractivity contribution in [3.05, 3.63) is 58.9 Å². The van der Waals surface area contributed by atoms with Crippen LogP contribution in [0.2, 0.25) is 0 Å². The van der Waals surface area contributed by atoms with Crippen LogP contribution in [0.4, 0.5) is 10.1 Å². The van der Waals surface area contributed by atoms with E-state index in [0.29, 0.717) is 29.9 Å². The molecule has 7 heteroatoms. The van der Waals surface area contributed by atoms with Crippen molar-refractivity contribution in [1.29, 1.82) is 0 Å². The monoisotopic (exact) mass is 390 g/mol. The molecule has 1 aliphatic heterocycles. The maximum Gasteiger partial charge on any atom is 0.243 e. The van der Waals surface area contributed by atoms with E-state index in [-0.39, 0.29) is 23.8 Å². The second-order valence-corrected chi connectivity index (χ2v) is 8.82. The van der Waals surface area contributed by atoms with Gasteiger partial charge in [-0.1, -0.05) is 17.7 Å². The Morgan fingerprint density at radius 3 is 2.15 bits per heavy atom. The minimum atomic E-state index is -3.55. The predicted octanol–water partition coefficient (Wildman–Crippen LogP) is 3.16. The fraction of sp³-hybridized carbons (Fsp3) is 0.350. The van der Waals surface area contributed by atoms with Gasteiger partial charge in [0.05, 0.1) is 10.6 Å². The van der Waals surface area contributed by atoms with E-state index in [4.69, 9.17) is 0 Å². The Labute approximate surface area is 159 Å². The van der Waals surface area contributed by atoms with Gasteiger partial charge in [-0.2, -0.15) is 4.31 Å². The van der Waals surface area contributed by atoms with Crippen molar-refractivity contribution in [2.75, 3.05) is 31.1 Å². The third-order valence-electron chi connectivity index (χ3n) is 4.91. The van der Waals surface area contributed by atoms with Gasteiger partial charge >= 0.3 is 0 Å². The lowest BCUT2D eigenvalue weighted by Gasteiger charge is -2.35. The second-order valence-electron chi connectivity index (χ2n) is 6.88. The van der Waals surface area contributed by atoms with E-state index >= 15 is 0 Å². The van der Waals surface area contributed by atoms with Crippen molar-refractivity contribution in [2.24, 2.45) is 0 Å². The summed E-state index contributed by atoms with van der Waals surface area (Å²) < 4.78 is 41.5. The molecule has 144 valence electrons. The normalized spacial score (nSPS) is 15.8. The molecule has 1 fully saturated rings. The lowest BCUT2D eigenvalue weighted by molar-refractivity contribution is 0.101. The number of aryl methyl sites for hydroxylation is 2. The fourth-order valence-electron chi connectivity index (χ4n) is 3.32. The summed E-state index contributed by atoms with van der Waals surface area (Å²) in [5.74, 6) is -0.632. The minimum Gasteiger partial charge on any atom is -0.367 e. The summed E-state index contributed by atoms with van der Waals surface area (Å²) in [6.45, 7) is 6.44. The smallest absolute Gasteiger partial charge is 0.243 e. The zero-order valence-corrected chi connectivity index (χ0v) is 16.5. The van der Waals surface area contributed by atoms with E-state index in [1.807, 2.05) is 11.8 Å². The summed E-state index contributed by atoms with van der Waals surface area (Å²) in [6, 6.07) is 9.70. The van der Waals surface area contributed by atoms with Crippen molar-refractivity contribution in [1.82, 2.24) is 4.31 Å². The van der Waals surface area contributed by atoms with Crippen LogP contribution < -0.4 is 4.90 Å². The molecule has 0 N–H and O–H groups in total. The molecule has 0 radical (unpaired) electrons. The molecule has 0 saturated carbocycles. The first-order valence-electron chi connectivity index (χ1n) is 8.83. The zero-order chi connectivity index (χ0) is 19.8. The van der Waals surface area contributed by atoms with Crippen LogP contribution >= 0.6 is 0 Å². The Bertz CT molecular complexity index is 963. The largest absolute Gasteiger partial charge is 0.367 e. The lowest BCUT2D eigenvalue weighted by atomic mass is 10.0. The quantitative estimate of drug-likeness (QED) is 0.753. The highest BCUT2D eigenvalue weighted by Gasteiger charge is 2.29. The van der Waals surface area contributed by atoms with E-state index < -0.39 is 15.8 Å². The van der Waals surface area contributed by atoms with Gasteiger partial charge in [0.2, 0.25) is 10.0 Å². The molecule has 5 nitrogen and oxygen atoms in total. The molecule has 0 aliphatic carbocycles. The van der Waals surface area contributed by atoms with Crippen LogP contribution in [0.3, 0.4) is 0 Å². The lowest BCUT2D eigenvalue weighted by Crippen LogP contribution is -2.49. The highest BCUT2D eigenvalue weighted by Crippen LogP contribution is 2.26. The summed E-state index contributed by atoms with van der Waals surface area (Å²) in [5.41, 5.74) is 2.49. The Morgan fingerprint density at radius 2 is 1.59 bits per heavy atom. The van der Waals surface area contributed by atoms with Crippen molar-refractivity contribution in [3.8, 4) is 0 Å². The molecular weight excluding hydrogens is 367 g/mol. The number of piperazine rings is 1. The molecule has 2 aromatic carbocycles. The van der Waals surface area contributed by atoms with Crippen molar-refractivity contribution >= 4 is 21.5 Å². The van der Waals surface area contributed by atoms with Crippen LogP contribution in [0.15, 0.2) is 41.3 Å². The Kier molecular flexibility index (Phi) is 5.35. The summed E-state index contributed by atoms with van der Waals surface area (Å²) in [4.78, 5) is 13.7. The van der Waals surface area contributed by atoms with Gasteiger partial charge in [-0.3, -0.25) is 4.79 Å². The molecule has 0 aromatic heterocycles. The molecule has 3 rings (SSSR count). The number of sulfonamides is 1. The number of carbonyl (C=O) groups excluding carboxylic acids is 1. The van der Waals surface area contributed by atoms with E-state index in [1.54, 1.807) is 37.3 Å². The molecule has 27 heavy (non-hydrogen) atoms. The number of rotatable bonds is 4. The summed E-state index contributed by atoms with van der Waals surface area (Å²) >= 11 is 0. The third kappa shape index (κ3) is 3.89. The Morgan fingerprint density at radius 1 is 1.00 bits per heavy atom. The molecule has 1 heterocycles. The second kappa shape index (κ2) is 7.40. The third-order valence-corrected chi connectivity index (χ3v) is 6.82. The van der Waals surface area contributed by atoms with Gasteiger partial charge in [0.1, 0.15) is 5.82 Å². The van der Waals surface area contributed by atoms with E-state index in [2.05, 4.69) is 0 Å². The predicted molar refractivity (Wildman–Crippen MR) is 103 cm³/mol. The molecule has 0 amide bonds. The molecule has 0 bridgehead atoms. The molecular formula is C20H23FN2O3S. The van der Waals surface area contributed by atoms with Gasteiger partial charge in [0, 0.05) is 31.7 Å². The molecule has 0 atom stereocenters. The number of nitrogens with zero attached hydrogens (tertiary/aromatic N) is 2. The average molecular weight is 390 g/mol. The van der Waals surface area contributed by atoms with Crippen LogP contribution in [0.5, 0.6) is 0 Å². The number of hydrogen-bond acceptors (Lipinski definition) is 4. The number of halogens is 1. The summed E-state index contributed by atoms with van der Waals surface area (Å²) in [7, 11) is -3.55. The van der Waals surface area contributed by atoms with Gasteiger partial charge in [-0.05, 0) is 50.6 Å². The number of carbonyl (C=O) groups is 1. The SMILES string of the molecule is CC(=O)c1cc(F)c(N2CCN(S(=O)(=O)c3ccc(C)cc3)CC2)cc1C. The van der Waals surface area contributed by atoms with Crippen LogP contribution in [0.25, 0.3) is 0 Å². The Balaban J connectivity index is 1.77. The minimum absolute atomic E-state index is 0.174. The fourth-order valence-corrected chi connectivity index (χ4v) is 4.74. The van der Waals surface area contributed by atoms with E-state index in [0.717, 1.165) is 5.56 Å². The number of Topliss-reactive ketones (excluding diaryl/α,β-unsaturated/α-hetero) is 1. The van der Waals surface area contributed by atoms with Crippen LogP contribution in [0.1, 0.15) is 28.4 Å². The average Bonchev–Trinajstić information content (AvgIpc) is 2.63. The first kappa shape index (κ1) is 19.5. The molecule has 2 aromatic rings. The van der Waals surface area contributed by atoms with E-state index in [1.165, 1.54) is 17.3 Å². The molecule has 1 saturated heterocycles. The van der Waals surface area contributed by atoms with Gasteiger partial charge in [0.15, 0.2) is 5.78 Å². The van der Waals surface area contributed by atoms with Gasteiger partial charge in [-0.25, -0.2) is 12.8 Å². The first-order chi connectivity index (χ1) is 12.7. The van der Waals surface area contributed by atoms with Crippen molar-refractivity contribution < 1.29 is 17.6 Å². The molecule has 0 spiro atoms. The first-order valence-corrected chi connectivity index (χ1v) is 10.3. The maximum atomic E-state index is 14.5. The standard InChI is InChI=1S/C20H23FN2O3S/c1-14-4-6-17(7-5-14)27(25,26)23-10-8-22(9-11-23)20-12-15(2)18(16(3)24)13-19(20)21/h4-7,12-13H,8-11H2,1-3H3. The Hall–Kier alpha value is -2.25. The van der Waals surface area contributed by atoms with Gasteiger partial charge < -0.3 is 4.90 Å². The van der Waals surface area contributed by atoms with Crippen LogP contribution in [-0.4, -0.2) is 44.7 Å². The highest BCUT2D eigenvalue weighted by atomic mass is 32.2. The number of anilines is 1.